The minimum Gasteiger partial charge on any atom is -0.481 e. The fraction of sp³-hybridized carbons (Fsp3) is 0.588. The molecule has 1 aromatic rings. The van der Waals surface area contributed by atoms with E-state index in [9.17, 15) is 4.79 Å². The van der Waals surface area contributed by atoms with Gasteiger partial charge in [-0.2, -0.15) is 0 Å². The zero-order valence-electron chi connectivity index (χ0n) is 13.5. The van der Waals surface area contributed by atoms with Crippen molar-refractivity contribution in [2.24, 2.45) is 5.92 Å². The van der Waals surface area contributed by atoms with Gasteiger partial charge >= 0.3 is 0 Å². The molecule has 112 valence electrons. The Morgan fingerprint density at radius 3 is 2.15 bits per heavy atom. The number of nitrogens with one attached hydrogen (secondary N) is 1. The average molecular weight is 277 g/mol. The summed E-state index contributed by atoms with van der Waals surface area (Å²) < 4.78 is 5.86. The maximum atomic E-state index is 12.2. The zero-order valence-corrected chi connectivity index (χ0v) is 13.5. The SMILES string of the molecule is CCC(Oc1cc(C)cc(C)c1)C(=O)NC(C)C(C)C. The van der Waals surface area contributed by atoms with Gasteiger partial charge in [0, 0.05) is 6.04 Å². The van der Waals surface area contributed by atoms with Gasteiger partial charge in [0.1, 0.15) is 5.75 Å². The lowest BCUT2D eigenvalue weighted by Gasteiger charge is -2.22. The summed E-state index contributed by atoms with van der Waals surface area (Å²) in [5.74, 6) is 1.15. The molecule has 3 nitrogen and oxygen atoms in total. The van der Waals surface area contributed by atoms with E-state index < -0.39 is 6.10 Å². The Morgan fingerprint density at radius 1 is 1.15 bits per heavy atom. The second-order valence-electron chi connectivity index (χ2n) is 5.88. The molecule has 0 aromatic heterocycles. The Kier molecular flexibility index (Phi) is 6.05. The zero-order chi connectivity index (χ0) is 15.3. The Bertz CT molecular complexity index is 434. The van der Waals surface area contributed by atoms with E-state index in [-0.39, 0.29) is 11.9 Å². The van der Waals surface area contributed by atoms with Gasteiger partial charge in [0.2, 0.25) is 0 Å². The van der Waals surface area contributed by atoms with Crippen LogP contribution >= 0.6 is 0 Å². The topological polar surface area (TPSA) is 38.3 Å². The fourth-order valence-corrected chi connectivity index (χ4v) is 1.97. The Labute approximate surface area is 122 Å². The first-order valence-corrected chi connectivity index (χ1v) is 7.38. The van der Waals surface area contributed by atoms with Crippen molar-refractivity contribution in [1.82, 2.24) is 5.32 Å². The molecular weight excluding hydrogens is 250 g/mol. The summed E-state index contributed by atoms with van der Waals surface area (Å²) in [4.78, 5) is 12.2. The first-order chi connectivity index (χ1) is 9.33. The van der Waals surface area contributed by atoms with E-state index in [1.165, 1.54) is 0 Å². The summed E-state index contributed by atoms with van der Waals surface area (Å²) in [5.41, 5.74) is 2.29. The van der Waals surface area contributed by atoms with Crippen LogP contribution in [0.1, 0.15) is 45.2 Å². The van der Waals surface area contributed by atoms with E-state index in [0.717, 1.165) is 16.9 Å². The van der Waals surface area contributed by atoms with Crippen molar-refractivity contribution >= 4 is 5.91 Å². The van der Waals surface area contributed by atoms with Gasteiger partial charge in [-0.25, -0.2) is 0 Å². The average Bonchev–Trinajstić information content (AvgIpc) is 2.34. The van der Waals surface area contributed by atoms with Crippen molar-refractivity contribution in [1.29, 1.82) is 0 Å². The van der Waals surface area contributed by atoms with Crippen molar-refractivity contribution in [3.05, 3.63) is 29.3 Å². The van der Waals surface area contributed by atoms with Crippen molar-refractivity contribution in [3.63, 3.8) is 0 Å². The number of hydrogen-bond acceptors (Lipinski definition) is 2. The standard InChI is InChI=1S/C17H27NO2/c1-7-16(17(19)18-14(6)11(2)3)20-15-9-12(4)8-13(5)10-15/h8-11,14,16H,7H2,1-6H3,(H,18,19). The molecule has 2 unspecified atom stereocenters. The summed E-state index contributed by atoms with van der Waals surface area (Å²) in [5, 5.41) is 3.02. The molecular formula is C17H27NO2. The van der Waals surface area contributed by atoms with Crippen LogP contribution in [0.15, 0.2) is 18.2 Å². The van der Waals surface area contributed by atoms with Gasteiger partial charge in [0.15, 0.2) is 6.10 Å². The van der Waals surface area contributed by atoms with Crippen LogP contribution in [0.5, 0.6) is 5.75 Å². The predicted octanol–water partition coefficient (Wildman–Crippen LogP) is 3.62. The van der Waals surface area contributed by atoms with Crippen LogP contribution in [0.2, 0.25) is 0 Å². The fourth-order valence-electron chi connectivity index (χ4n) is 1.97. The van der Waals surface area contributed by atoms with E-state index in [0.29, 0.717) is 12.3 Å². The first-order valence-electron chi connectivity index (χ1n) is 7.38. The second kappa shape index (κ2) is 7.32. The molecule has 0 heterocycles. The van der Waals surface area contributed by atoms with E-state index in [1.807, 2.05) is 39.8 Å². The second-order valence-corrected chi connectivity index (χ2v) is 5.88. The van der Waals surface area contributed by atoms with Gasteiger partial charge in [-0.3, -0.25) is 4.79 Å². The molecule has 0 spiro atoms. The third kappa shape index (κ3) is 4.87. The highest BCUT2D eigenvalue weighted by Crippen LogP contribution is 2.18. The number of rotatable bonds is 6. The largest absolute Gasteiger partial charge is 0.481 e. The maximum absolute atomic E-state index is 12.2. The number of carbonyl (C=O) groups is 1. The molecule has 1 N–H and O–H groups in total. The van der Waals surface area contributed by atoms with Gasteiger partial charge in [-0.1, -0.05) is 26.8 Å². The summed E-state index contributed by atoms with van der Waals surface area (Å²) in [6.07, 6.45) is 0.223. The van der Waals surface area contributed by atoms with E-state index in [1.54, 1.807) is 0 Å². The Balaban J connectivity index is 2.73. The molecule has 0 fully saturated rings. The molecule has 0 saturated carbocycles. The highest BCUT2D eigenvalue weighted by Gasteiger charge is 2.21. The molecule has 0 aliphatic rings. The highest BCUT2D eigenvalue weighted by molar-refractivity contribution is 5.81. The lowest BCUT2D eigenvalue weighted by atomic mass is 10.1. The number of amides is 1. The molecule has 0 aliphatic carbocycles. The van der Waals surface area contributed by atoms with Crippen molar-refractivity contribution in [2.75, 3.05) is 0 Å². The lowest BCUT2D eigenvalue weighted by molar-refractivity contribution is -0.129. The van der Waals surface area contributed by atoms with Crippen LogP contribution in [0.4, 0.5) is 0 Å². The van der Waals surface area contributed by atoms with Crippen LogP contribution in [0.3, 0.4) is 0 Å². The van der Waals surface area contributed by atoms with E-state index >= 15 is 0 Å². The predicted molar refractivity (Wildman–Crippen MR) is 83.1 cm³/mol. The molecule has 0 aliphatic heterocycles. The monoisotopic (exact) mass is 277 g/mol. The minimum atomic E-state index is -0.433. The van der Waals surface area contributed by atoms with Crippen LogP contribution in [0.25, 0.3) is 0 Å². The quantitative estimate of drug-likeness (QED) is 0.862. The third-order valence-corrected chi connectivity index (χ3v) is 3.51. The van der Waals surface area contributed by atoms with E-state index in [4.69, 9.17) is 4.74 Å². The summed E-state index contributed by atoms with van der Waals surface area (Å²) in [7, 11) is 0. The molecule has 3 heteroatoms. The van der Waals surface area contributed by atoms with Crippen molar-refractivity contribution in [3.8, 4) is 5.75 Å². The molecule has 0 bridgehead atoms. The van der Waals surface area contributed by atoms with Gasteiger partial charge < -0.3 is 10.1 Å². The van der Waals surface area contributed by atoms with Crippen LogP contribution in [0, 0.1) is 19.8 Å². The molecule has 1 amide bonds. The number of ether oxygens (including phenoxy) is 1. The van der Waals surface area contributed by atoms with E-state index in [2.05, 4.69) is 25.2 Å². The van der Waals surface area contributed by atoms with Gasteiger partial charge in [-0.05, 0) is 56.4 Å². The molecule has 0 radical (unpaired) electrons. The van der Waals surface area contributed by atoms with Gasteiger partial charge in [-0.15, -0.1) is 0 Å². The third-order valence-electron chi connectivity index (χ3n) is 3.51. The van der Waals surface area contributed by atoms with Gasteiger partial charge in [0.05, 0.1) is 0 Å². The maximum Gasteiger partial charge on any atom is 0.261 e. The molecule has 0 saturated heterocycles. The highest BCUT2D eigenvalue weighted by atomic mass is 16.5. The molecule has 1 aromatic carbocycles. The van der Waals surface area contributed by atoms with Gasteiger partial charge in [0.25, 0.3) is 5.91 Å². The smallest absolute Gasteiger partial charge is 0.261 e. The van der Waals surface area contributed by atoms with Crippen LogP contribution in [-0.4, -0.2) is 18.1 Å². The summed E-state index contributed by atoms with van der Waals surface area (Å²) in [6, 6.07) is 6.18. The Morgan fingerprint density at radius 2 is 1.70 bits per heavy atom. The molecule has 2 atom stereocenters. The normalized spacial score (nSPS) is 13.9. The van der Waals surface area contributed by atoms with Crippen molar-refractivity contribution < 1.29 is 9.53 Å². The summed E-state index contributed by atoms with van der Waals surface area (Å²) in [6.45, 7) is 12.2. The number of hydrogen-bond donors (Lipinski definition) is 1. The number of aryl methyl sites for hydroxylation is 2. The minimum absolute atomic E-state index is 0.0344. The number of carbonyl (C=O) groups excluding carboxylic acids is 1. The Hall–Kier alpha value is -1.51. The summed E-state index contributed by atoms with van der Waals surface area (Å²) >= 11 is 0. The van der Waals surface area contributed by atoms with Crippen molar-refractivity contribution in [2.45, 2.75) is 60.1 Å². The molecule has 20 heavy (non-hydrogen) atoms. The lowest BCUT2D eigenvalue weighted by Crippen LogP contribution is -2.44. The number of benzene rings is 1. The molecule has 1 rings (SSSR count). The van der Waals surface area contributed by atoms with Crippen LogP contribution in [-0.2, 0) is 4.79 Å². The first kappa shape index (κ1) is 16.5. The van der Waals surface area contributed by atoms with Crippen LogP contribution < -0.4 is 10.1 Å².